The van der Waals surface area contributed by atoms with Crippen molar-refractivity contribution in [1.82, 2.24) is 25.3 Å². The molecule has 0 aromatic carbocycles. The Labute approximate surface area is 134 Å². The van der Waals surface area contributed by atoms with Gasteiger partial charge in [0.25, 0.3) is 5.91 Å². The highest BCUT2D eigenvalue weighted by molar-refractivity contribution is 5.92. The van der Waals surface area contributed by atoms with Crippen LogP contribution in [-0.2, 0) is 7.05 Å². The molecule has 0 unspecified atom stereocenters. The van der Waals surface area contributed by atoms with Gasteiger partial charge in [0.1, 0.15) is 11.8 Å². The molecule has 2 saturated carbocycles. The van der Waals surface area contributed by atoms with Crippen molar-refractivity contribution in [3.63, 3.8) is 0 Å². The van der Waals surface area contributed by atoms with Crippen molar-refractivity contribution >= 4 is 5.91 Å². The number of aromatic amines is 1. The normalized spacial score (nSPS) is 23.9. The Hall–Kier alpha value is -2.31. The Morgan fingerprint density at radius 3 is 3.00 bits per heavy atom. The number of hydrogen-bond acceptors (Lipinski definition) is 4. The molecule has 0 aliphatic heterocycles. The van der Waals surface area contributed by atoms with Gasteiger partial charge in [-0.25, -0.2) is 0 Å². The average Bonchev–Trinajstić information content (AvgIpc) is 2.93. The first-order chi connectivity index (χ1) is 11.2. The van der Waals surface area contributed by atoms with Crippen molar-refractivity contribution in [2.75, 3.05) is 0 Å². The zero-order valence-electron chi connectivity index (χ0n) is 13.2. The molecule has 0 radical (unpaired) electrons. The molecule has 2 aromatic rings. The average molecular weight is 315 g/mol. The lowest BCUT2D eigenvalue weighted by Crippen LogP contribution is -2.42. The predicted octanol–water partition coefficient (Wildman–Crippen LogP) is 1.75. The third-order valence-electron chi connectivity index (χ3n) is 4.67. The van der Waals surface area contributed by atoms with E-state index in [0.29, 0.717) is 17.4 Å². The Morgan fingerprint density at radius 1 is 1.39 bits per heavy atom. The van der Waals surface area contributed by atoms with Crippen molar-refractivity contribution in [3.8, 4) is 5.75 Å². The fraction of sp³-hybridized carbons (Fsp3) is 0.562. The van der Waals surface area contributed by atoms with Crippen molar-refractivity contribution in [1.29, 1.82) is 0 Å². The molecule has 7 heteroatoms. The molecule has 23 heavy (non-hydrogen) atoms. The second-order valence-electron chi connectivity index (χ2n) is 6.45. The molecular weight excluding hydrogens is 294 g/mol. The monoisotopic (exact) mass is 315 g/mol. The summed E-state index contributed by atoms with van der Waals surface area (Å²) >= 11 is 0. The first-order valence-electron chi connectivity index (χ1n) is 8.21. The van der Waals surface area contributed by atoms with Crippen LogP contribution in [0, 0.1) is 0 Å². The lowest BCUT2D eigenvalue weighted by atomic mass is 10.2. The highest BCUT2D eigenvalue weighted by Gasteiger charge is 2.32. The van der Waals surface area contributed by atoms with Gasteiger partial charge in [-0.3, -0.25) is 14.6 Å². The quantitative estimate of drug-likeness (QED) is 0.880. The summed E-state index contributed by atoms with van der Waals surface area (Å²) in [5.74, 6) is 1.18. The van der Waals surface area contributed by atoms with Crippen LogP contribution in [0.5, 0.6) is 5.75 Å². The van der Waals surface area contributed by atoms with Crippen molar-refractivity contribution in [2.24, 2.45) is 7.05 Å². The van der Waals surface area contributed by atoms with Gasteiger partial charge in [-0.2, -0.15) is 10.2 Å². The van der Waals surface area contributed by atoms with Gasteiger partial charge >= 0.3 is 0 Å². The number of amides is 1. The molecule has 2 fully saturated rings. The number of ether oxygens (including phenoxy) is 1. The fourth-order valence-corrected chi connectivity index (χ4v) is 3.31. The molecule has 2 aliphatic carbocycles. The first kappa shape index (κ1) is 14.3. The van der Waals surface area contributed by atoms with Gasteiger partial charge in [0.15, 0.2) is 5.75 Å². The molecule has 4 rings (SSSR count). The summed E-state index contributed by atoms with van der Waals surface area (Å²) in [7, 11) is 1.91. The number of hydrogen-bond donors (Lipinski definition) is 2. The van der Waals surface area contributed by atoms with Crippen molar-refractivity contribution in [3.05, 3.63) is 29.8 Å². The van der Waals surface area contributed by atoms with Gasteiger partial charge in [0, 0.05) is 18.7 Å². The van der Waals surface area contributed by atoms with Gasteiger partial charge in [-0.1, -0.05) is 0 Å². The molecule has 2 aromatic heterocycles. The van der Waals surface area contributed by atoms with Crippen LogP contribution in [0.1, 0.15) is 54.2 Å². The Balaban J connectivity index is 1.42. The number of carbonyl (C=O) groups excluding carboxylic acids is 1. The molecule has 2 atom stereocenters. The van der Waals surface area contributed by atoms with Crippen LogP contribution in [0.25, 0.3) is 0 Å². The molecule has 0 bridgehead atoms. The number of rotatable bonds is 5. The molecule has 0 spiro atoms. The molecular formula is C16H21N5O2. The van der Waals surface area contributed by atoms with Crippen LogP contribution in [-0.4, -0.2) is 38.0 Å². The van der Waals surface area contributed by atoms with E-state index in [1.165, 1.54) is 12.8 Å². The summed E-state index contributed by atoms with van der Waals surface area (Å²) in [4.78, 5) is 12.5. The van der Waals surface area contributed by atoms with Gasteiger partial charge < -0.3 is 10.1 Å². The highest BCUT2D eigenvalue weighted by Crippen LogP contribution is 2.39. The second-order valence-corrected chi connectivity index (χ2v) is 6.45. The van der Waals surface area contributed by atoms with E-state index in [2.05, 4.69) is 20.6 Å². The molecule has 2 N–H and O–H groups in total. The van der Waals surface area contributed by atoms with Crippen molar-refractivity contribution in [2.45, 2.75) is 50.2 Å². The SMILES string of the molecule is Cn1nc(C(=O)N[C@H]2CCC[C@H]2Oc2cn[nH]c2)cc1C1CC1. The third kappa shape index (κ3) is 2.95. The Bertz CT molecular complexity index is 689. The van der Waals surface area contributed by atoms with Gasteiger partial charge in [-0.05, 0) is 38.2 Å². The lowest BCUT2D eigenvalue weighted by molar-refractivity contribution is 0.0888. The van der Waals surface area contributed by atoms with E-state index in [-0.39, 0.29) is 18.1 Å². The number of nitrogens with one attached hydrogen (secondary N) is 2. The topological polar surface area (TPSA) is 84.8 Å². The molecule has 0 saturated heterocycles. The van der Waals surface area contributed by atoms with Crippen LogP contribution in [0.15, 0.2) is 18.5 Å². The number of carbonyl (C=O) groups is 1. The predicted molar refractivity (Wildman–Crippen MR) is 83.3 cm³/mol. The summed E-state index contributed by atoms with van der Waals surface area (Å²) in [5.41, 5.74) is 1.66. The van der Waals surface area contributed by atoms with Crippen LogP contribution in [0.4, 0.5) is 0 Å². The van der Waals surface area contributed by atoms with E-state index in [1.807, 2.05) is 17.8 Å². The highest BCUT2D eigenvalue weighted by atomic mass is 16.5. The molecule has 2 heterocycles. The van der Waals surface area contributed by atoms with Crippen LogP contribution < -0.4 is 10.1 Å². The van der Waals surface area contributed by atoms with Gasteiger partial charge in [-0.15, -0.1) is 0 Å². The van der Waals surface area contributed by atoms with Gasteiger partial charge in [0.2, 0.25) is 0 Å². The minimum absolute atomic E-state index is 0.0110. The molecule has 122 valence electrons. The van der Waals surface area contributed by atoms with E-state index in [1.54, 1.807) is 12.4 Å². The number of nitrogens with zero attached hydrogens (tertiary/aromatic N) is 3. The maximum atomic E-state index is 12.5. The fourth-order valence-electron chi connectivity index (χ4n) is 3.31. The molecule has 7 nitrogen and oxygen atoms in total. The Kier molecular flexibility index (Phi) is 3.55. The largest absolute Gasteiger partial charge is 0.485 e. The zero-order chi connectivity index (χ0) is 15.8. The number of aryl methyl sites for hydroxylation is 1. The molecule has 1 amide bonds. The van der Waals surface area contributed by atoms with Gasteiger partial charge in [0.05, 0.1) is 18.4 Å². The first-order valence-corrected chi connectivity index (χ1v) is 8.21. The van der Waals surface area contributed by atoms with E-state index in [9.17, 15) is 4.79 Å². The summed E-state index contributed by atoms with van der Waals surface area (Å²) in [5, 5.41) is 14.1. The number of aromatic nitrogens is 4. The number of H-pyrrole nitrogens is 1. The van der Waals surface area contributed by atoms with Crippen LogP contribution in [0.3, 0.4) is 0 Å². The van der Waals surface area contributed by atoms with Crippen molar-refractivity contribution < 1.29 is 9.53 Å². The standard InChI is InChI=1S/C16H21N5O2/c1-21-14(10-5-6-10)7-13(20-21)16(22)19-12-3-2-4-15(12)23-11-8-17-18-9-11/h7-10,12,15H,2-6H2,1H3,(H,17,18)(H,19,22)/t12-,15+/m0/s1. The van der Waals surface area contributed by atoms with E-state index >= 15 is 0 Å². The third-order valence-corrected chi connectivity index (χ3v) is 4.67. The van der Waals surface area contributed by atoms with E-state index in [4.69, 9.17) is 4.74 Å². The Morgan fingerprint density at radius 2 is 2.26 bits per heavy atom. The summed E-state index contributed by atoms with van der Waals surface area (Å²) in [6, 6.07) is 1.94. The lowest BCUT2D eigenvalue weighted by Gasteiger charge is -2.21. The minimum Gasteiger partial charge on any atom is -0.485 e. The smallest absolute Gasteiger partial charge is 0.272 e. The minimum atomic E-state index is -0.111. The maximum Gasteiger partial charge on any atom is 0.272 e. The van der Waals surface area contributed by atoms with Crippen LogP contribution in [0.2, 0.25) is 0 Å². The van der Waals surface area contributed by atoms with Crippen LogP contribution >= 0.6 is 0 Å². The maximum absolute atomic E-state index is 12.5. The summed E-state index contributed by atoms with van der Waals surface area (Å²) in [6.07, 6.45) is 8.66. The zero-order valence-corrected chi connectivity index (χ0v) is 13.2. The summed E-state index contributed by atoms with van der Waals surface area (Å²) < 4.78 is 7.74. The van der Waals surface area contributed by atoms with E-state index < -0.39 is 0 Å². The van der Waals surface area contributed by atoms with E-state index in [0.717, 1.165) is 25.0 Å². The second kappa shape index (κ2) is 5.72. The molecule has 2 aliphatic rings. The summed E-state index contributed by atoms with van der Waals surface area (Å²) in [6.45, 7) is 0.